The Morgan fingerprint density at radius 1 is 1.38 bits per heavy atom. The van der Waals surface area contributed by atoms with Gasteiger partial charge in [0.25, 0.3) is 6.47 Å². The summed E-state index contributed by atoms with van der Waals surface area (Å²) < 4.78 is 6.95. The first-order chi connectivity index (χ1) is 12.3. The lowest BCUT2D eigenvalue weighted by molar-refractivity contribution is -0.122. The Bertz CT molecular complexity index is 778. The summed E-state index contributed by atoms with van der Waals surface area (Å²) >= 11 is 5.81. The van der Waals surface area contributed by atoms with Crippen LogP contribution in [0.1, 0.15) is 47.7 Å². The zero-order valence-corrected chi connectivity index (χ0v) is 17.8. The number of aromatic nitrogens is 2. The summed E-state index contributed by atoms with van der Waals surface area (Å²) in [6, 6.07) is 0. The van der Waals surface area contributed by atoms with Crippen LogP contribution in [-0.4, -0.2) is 28.0 Å². The number of hydrogen-bond acceptors (Lipinski definition) is 5. The molecule has 2 aromatic rings. The van der Waals surface area contributed by atoms with Gasteiger partial charge in [-0.05, 0) is 69.5 Å². The minimum absolute atomic E-state index is 0.250. The van der Waals surface area contributed by atoms with Crippen LogP contribution in [0.2, 0.25) is 0 Å². The number of hydrogen-bond donors (Lipinski definition) is 2. The van der Waals surface area contributed by atoms with Gasteiger partial charge >= 0.3 is 0 Å². The van der Waals surface area contributed by atoms with Gasteiger partial charge in [0.1, 0.15) is 0 Å². The first kappa shape index (κ1) is 21.0. The normalized spacial score (nSPS) is 15.2. The number of aryl methyl sites for hydroxylation is 2. The van der Waals surface area contributed by atoms with Crippen LogP contribution in [0.5, 0.6) is 0 Å². The molecule has 1 aliphatic carbocycles. The fourth-order valence-electron chi connectivity index (χ4n) is 3.67. The van der Waals surface area contributed by atoms with E-state index < -0.39 is 0 Å². The Kier molecular flexibility index (Phi) is 6.93. The van der Waals surface area contributed by atoms with E-state index in [-0.39, 0.29) is 6.47 Å². The number of thiophene rings is 1. The Morgan fingerprint density at radius 3 is 2.65 bits per heavy atom. The summed E-state index contributed by atoms with van der Waals surface area (Å²) in [6.07, 6.45) is 3.70. The second kappa shape index (κ2) is 8.59. The van der Waals surface area contributed by atoms with Crippen LogP contribution in [0, 0.1) is 26.2 Å². The third kappa shape index (κ3) is 4.32. The quantitative estimate of drug-likeness (QED) is 0.450. The molecule has 7 heteroatoms. The molecule has 0 aliphatic heterocycles. The summed E-state index contributed by atoms with van der Waals surface area (Å²) in [4.78, 5) is 11.4. The summed E-state index contributed by atoms with van der Waals surface area (Å²) in [7, 11) is 0. The van der Waals surface area contributed by atoms with Crippen molar-refractivity contribution in [1.82, 2.24) is 9.78 Å². The molecule has 0 spiro atoms. The largest absolute Gasteiger partial charge is 0.483 e. The highest BCUT2D eigenvalue weighted by Gasteiger charge is 2.30. The smallest absolute Gasteiger partial charge is 0.290 e. The van der Waals surface area contributed by atoms with Crippen molar-refractivity contribution in [3.8, 4) is 10.4 Å². The van der Waals surface area contributed by atoms with Crippen LogP contribution in [0.4, 0.5) is 0 Å². The van der Waals surface area contributed by atoms with Crippen molar-refractivity contribution in [2.45, 2.75) is 60.4 Å². The van der Waals surface area contributed by atoms with E-state index in [0.29, 0.717) is 12.0 Å². The van der Waals surface area contributed by atoms with Crippen molar-refractivity contribution in [3.05, 3.63) is 27.4 Å². The minimum atomic E-state index is -0.250. The molecule has 2 aromatic heterocycles. The molecule has 144 valence electrons. The third-order valence-electron chi connectivity index (χ3n) is 5.04. The number of nitrogens with zero attached hydrogens (tertiary/aromatic N) is 2. The molecule has 2 heterocycles. The molecule has 0 atom stereocenters. The standard InChI is InChI=1S/C18H26N2OS2.CH2O2/c1-11-14-10-18(4,5)7-6-15(14)23-17(11)16-12(2)19-20(13(16)3)8-9-21-22;2-1-3/h22H,6-10H2,1-5H3;1H,(H,2,3). The Labute approximate surface area is 165 Å². The molecule has 5 nitrogen and oxygen atoms in total. The molecule has 0 unspecified atom stereocenters. The summed E-state index contributed by atoms with van der Waals surface area (Å²) in [5.41, 5.74) is 7.14. The van der Waals surface area contributed by atoms with Gasteiger partial charge in [0.15, 0.2) is 0 Å². The van der Waals surface area contributed by atoms with E-state index in [4.69, 9.17) is 19.2 Å². The maximum atomic E-state index is 8.36. The van der Waals surface area contributed by atoms with Crippen molar-refractivity contribution in [2.75, 3.05) is 6.61 Å². The average molecular weight is 397 g/mol. The molecular formula is C19H28N2O3S2. The van der Waals surface area contributed by atoms with Crippen molar-refractivity contribution < 1.29 is 14.1 Å². The number of carboxylic acid groups (broad SMARTS) is 1. The first-order valence-electron chi connectivity index (χ1n) is 8.75. The van der Waals surface area contributed by atoms with Gasteiger partial charge in [-0.25, -0.2) is 0 Å². The molecule has 0 saturated heterocycles. The van der Waals surface area contributed by atoms with Crippen molar-refractivity contribution in [1.29, 1.82) is 0 Å². The van der Waals surface area contributed by atoms with Crippen LogP contribution >= 0.6 is 24.2 Å². The van der Waals surface area contributed by atoms with E-state index >= 15 is 0 Å². The number of fused-ring (bicyclic) bond motifs is 1. The molecular weight excluding hydrogens is 368 g/mol. The molecule has 0 amide bonds. The van der Waals surface area contributed by atoms with Crippen LogP contribution in [0.15, 0.2) is 0 Å². The molecule has 0 fully saturated rings. The van der Waals surface area contributed by atoms with E-state index in [9.17, 15) is 0 Å². The highest BCUT2D eigenvalue weighted by molar-refractivity contribution is 7.75. The highest BCUT2D eigenvalue weighted by Crippen LogP contribution is 2.45. The second-order valence-corrected chi connectivity index (χ2v) is 8.87. The van der Waals surface area contributed by atoms with Gasteiger partial charge in [-0.2, -0.15) is 5.10 Å². The molecule has 0 saturated carbocycles. The van der Waals surface area contributed by atoms with Crippen LogP contribution < -0.4 is 0 Å². The lowest BCUT2D eigenvalue weighted by Gasteiger charge is -2.29. The first-order valence-corrected chi connectivity index (χ1v) is 9.93. The van der Waals surface area contributed by atoms with Gasteiger partial charge in [0.05, 0.1) is 18.8 Å². The molecule has 0 bridgehead atoms. The SMILES string of the molecule is Cc1nn(CCOS)c(C)c1-c1sc2c(c1C)CC(C)(C)CC2.O=CO. The Balaban J connectivity index is 0.000000758. The van der Waals surface area contributed by atoms with Crippen molar-refractivity contribution in [2.24, 2.45) is 5.41 Å². The zero-order valence-electron chi connectivity index (χ0n) is 16.1. The van der Waals surface area contributed by atoms with Gasteiger partial charge < -0.3 is 9.29 Å². The van der Waals surface area contributed by atoms with Crippen molar-refractivity contribution >= 4 is 30.7 Å². The molecule has 0 radical (unpaired) electrons. The number of carbonyl (C=O) groups is 1. The van der Waals surface area contributed by atoms with Crippen LogP contribution in [-0.2, 0) is 28.4 Å². The monoisotopic (exact) mass is 396 g/mol. The lowest BCUT2D eigenvalue weighted by atomic mass is 9.76. The Morgan fingerprint density at radius 2 is 2.04 bits per heavy atom. The third-order valence-corrected chi connectivity index (χ3v) is 6.64. The maximum Gasteiger partial charge on any atom is 0.290 e. The predicted octanol–water partition coefficient (Wildman–Crippen LogP) is 4.61. The Hall–Kier alpha value is -1.31. The van der Waals surface area contributed by atoms with Gasteiger partial charge in [0.2, 0.25) is 0 Å². The molecule has 1 aliphatic rings. The maximum absolute atomic E-state index is 8.36. The fourth-order valence-corrected chi connectivity index (χ4v) is 5.22. The minimum Gasteiger partial charge on any atom is -0.483 e. The van der Waals surface area contributed by atoms with E-state index in [1.54, 1.807) is 10.4 Å². The average Bonchev–Trinajstić information content (AvgIpc) is 3.02. The highest BCUT2D eigenvalue weighted by atomic mass is 32.1. The van der Waals surface area contributed by atoms with Gasteiger partial charge in [-0.15, -0.1) is 11.3 Å². The van der Waals surface area contributed by atoms with E-state index in [2.05, 4.69) is 47.5 Å². The lowest BCUT2D eigenvalue weighted by Crippen LogP contribution is -2.21. The summed E-state index contributed by atoms with van der Waals surface area (Å²) in [5, 5.41) is 11.6. The fraction of sp³-hybridized carbons (Fsp3) is 0.579. The molecule has 26 heavy (non-hydrogen) atoms. The van der Waals surface area contributed by atoms with Crippen molar-refractivity contribution in [3.63, 3.8) is 0 Å². The molecule has 0 aromatic carbocycles. The zero-order chi connectivity index (χ0) is 19.5. The number of thiol groups is 1. The molecule has 3 rings (SSSR count). The topological polar surface area (TPSA) is 64.4 Å². The van der Waals surface area contributed by atoms with Gasteiger partial charge in [-0.1, -0.05) is 13.8 Å². The second-order valence-electron chi connectivity index (χ2n) is 7.51. The number of rotatable bonds is 4. The van der Waals surface area contributed by atoms with Gasteiger partial charge in [0, 0.05) is 21.0 Å². The van der Waals surface area contributed by atoms with Gasteiger partial charge in [-0.3, -0.25) is 9.48 Å². The predicted molar refractivity (Wildman–Crippen MR) is 109 cm³/mol. The van der Waals surface area contributed by atoms with Crippen LogP contribution in [0.25, 0.3) is 10.4 Å². The van der Waals surface area contributed by atoms with E-state index in [1.807, 2.05) is 16.0 Å². The molecule has 1 N–H and O–H groups in total. The van der Waals surface area contributed by atoms with Crippen LogP contribution in [0.3, 0.4) is 0 Å². The van der Waals surface area contributed by atoms with E-state index in [0.717, 1.165) is 12.2 Å². The summed E-state index contributed by atoms with van der Waals surface area (Å²) in [5.74, 6) is 0. The summed E-state index contributed by atoms with van der Waals surface area (Å²) in [6.45, 7) is 12.4. The van der Waals surface area contributed by atoms with E-state index in [1.165, 1.54) is 41.0 Å².